The van der Waals surface area contributed by atoms with Crippen LogP contribution in [0.15, 0.2) is 18.2 Å². The highest BCUT2D eigenvalue weighted by Crippen LogP contribution is 2.30. The quantitative estimate of drug-likeness (QED) is 0.904. The Morgan fingerprint density at radius 2 is 2.35 bits per heavy atom. The third kappa shape index (κ3) is 3.35. The zero-order valence-corrected chi connectivity index (χ0v) is 10.6. The van der Waals surface area contributed by atoms with Gasteiger partial charge in [0, 0.05) is 17.2 Å². The molecule has 1 aromatic rings. The van der Waals surface area contributed by atoms with Gasteiger partial charge in [0.25, 0.3) is 0 Å². The number of hydrogen-bond acceptors (Lipinski definition) is 3. The average Bonchev–Trinajstić information content (AvgIpc) is 2.32. The molecule has 1 fully saturated rings. The molecule has 0 amide bonds. The fourth-order valence-corrected chi connectivity index (χ4v) is 2.12. The van der Waals surface area contributed by atoms with Gasteiger partial charge < -0.3 is 14.6 Å². The van der Waals surface area contributed by atoms with Crippen LogP contribution in [0.3, 0.4) is 0 Å². The molecule has 0 saturated carbocycles. The van der Waals surface area contributed by atoms with E-state index in [0.29, 0.717) is 17.4 Å². The summed E-state index contributed by atoms with van der Waals surface area (Å²) in [5.74, 6) is 0.694. The zero-order valence-electron chi connectivity index (χ0n) is 9.86. The molecule has 0 radical (unpaired) electrons. The van der Waals surface area contributed by atoms with Gasteiger partial charge in [0.2, 0.25) is 0 Å². The average molecular weight is 257 g/mol. The summed E-state index contributed by atoms with van der Waals surface area (Å²) in [6.45, 7) is 3.13. The smallest absolute Gasteiger partial charge is 0.125 e. The Labute approximate surface area is 106 Å². The van der Waals surface area contributed by atoms with E-state index >= 15 is 0 Å². The van der Waals surface area contributed by atoms with Crippen molar-refractivity contribution in [2.45, 2.75) is 32.0 Å². The van der Waals surface area contributed by atoms with Crippen molar-refractivity contribution in [2.75, 3.05) is 13.2 Å². The molecule has 4 heteroatoms. The van der Waals surface area contributed by atoms with E-state index in [1.54, 1.807) is 25.1 Å². The van der Waals surface area contributed by atoms with Crippen LogP contribution in [0.25, 0.3) is 0 Å². The van der Waals surface area contributed by atoms with Crippen molar-refractivity contribution in [1.82, 2.24) is 0 Å². The molecule has 17 heavy (non-hydrogen) atoms. The number of ether oxygens (including phenoxy) is 2. The van der Waals surface area contributed by atoms with Crippen LogP contribution in [0.2, 0.25) is 5.02 Å². The molecule has 1 aromatic carbocycles. The Kier molecular flexibility index (Phi) is 4.26. The Hall–Kier alpha value is -0.770. The van der Waals surface area contributed by atoms with Gasteiger partial charge in [-0.05, 0) is 38.0 Å². The summed E-state index contributed by atoms with van der Waals surface area (Å²) in [6, 6.07) is 5.32. The molecule has 2 atom stereocenters. The first kappa shape index (κ1) is 12.7. The van der Waals surface area contributed by atoms with E-state index < -0.39 is 6.10 Å². The van der Waals surface area contributed by atoms with E-state index in [2.05, 4.69) is 0 Å². The van der Waals surface area contributed by atoms with Crippen LogP contribution >= 0.6 is 11.6 Å². The van der Waals surface area contributed by atoms with E-state index in [1.807, 2.05) is 0 Å². The summed E-state index contributed by atoms with van der Waals surface area (Å²) in [6.07, 6.45) is 1.49. The van der Waals surface area contributed by atoms with Crippen molar-refractivity contribution < 1.29 is 14.6 Å². The minimum Gasteiger partial charge on any atom is -0.488 e. The SMILES string of the molecule is C[C@@H](O)c1cc(Cl)ccc1OC1CCCOC1. The van der Waals surface area contributed by atoms with E-state index in [0.717, 1.165) is 25.0 Å². The van der Waals surface area contributed by atoms with Crippen LogP contribution in [0.4, 0.5) is 0 Å². The van der Waals surface area contributed by atoms with E-state index in [9.17, 15) is 5.11 Å². The Bertz CT molecular complexity index is 373. The molecule has 1 unspecified atom stereocenters. The van der Waals surface area contributed by atoms with Crippen molar-refractivity contribution in [1.29, 1.82) is 0 Å². The first-order chi connectivity index (χ1) is 8.16. The molecule has 1 aliphatic heterocycles. The molecule has 1 heterocycles. The summed E-state index contributed by atoms with van der Waals surface area (Å²) in [5.41, 5.74) is 0.725. The highest BCUT2D eigenvalue weighted by molar-refractivity contribution is 6.30. The van der Waals surface area contributed by atoms with Crippen LogP contribution in [0.5, 0.6) is 5.75 Å². The van der Waals surface area contributed by atoms with Crippen molar-refractivity contribution >= 4 is 11.6 Å². The molecule has 94 valence electrons. The van der Waals surface area contributed by atoms with Gasteiger partial charge in [0.1, 0.15) is 11.9 Å². The van der Waals surface area contributed by atoms with Gasteiger partial charge in [-0.25, -0.2) is 0 Å². The number of rotatable bonds is 3. The Morgan fingerprint density at radius 1 is 1.53 bits per heavy atom. The summed E-state index contributed by atoms with van der Waals surface area (Å²) in [7, 11) is 0. The summed E-state index contributed by atoms with van der Waals surface area (Å²) in [5, 5.41) is 10.3. The largest absolute Gasteiger partial charge is 0.488 e. The van der Waals surface area contributed by atoms with Crippen LogP contribution in [0.1, 0.15) is 31.4 Å². The predicted octanol–water partition coefficient (Wildman–Crippen LogP) is 2.95. The summed E-state index contributed by atoms with van der Waals surface area (Å²) in [4.78, 5) is 0. The van der Waals surface area contributed by atoms with Gasteiger partial charge in [-0.1, -0.05) is 11.6 Å². The van der Waals surface area contributed by atoms with Crippen molar-refractivity contribution in [3.8, 4) is 5.75 Å². The second kappa shape index (κ2) is 5.71. The number of benzene rings is 1. The van der Waals surface area contributed by atoms with Gasteiger partial charge in [-0.15, -0.1) is 0 Å². The van der Waals surface area contributed by atoms with Gasteiger partial charge in [-0.3, -0.25) is 0 Å². The second-order valence-electron chi connectivity index (χ2n) is 4.32. The van der Waals surface area contributed by atoms with Crippen molar-refractivity contribution in [3.63, 3.8) is 0 Å². The van der Waals surface area contributed by atoms with Crippen molar-refractivity contribution in [3.05, 3.63) is 28.8 Å². The lowest BCUT2D eigenvalue weighted by Gasteiger charge is -2.25. The maximum Gasteiger partial charge on any atom is 0.125 e. The zero-order chi connectivity index (χ0) is 12.3. The highest BCUT2D eigenvalue weighted by atomic mass is 35.5. The van der Waals surface area contributed by atoms with E-state index in [4.69, 9.17) is 21.1 Å². The molecule has 0 bridgehead atoms. The summed E-state index contributed by atoms with van der Waals surface area (Å²) >= 11 is 5.91. The van der Waals surface area contributed by atoms with Gasteiger partial charge >= 0.3 is 0 Å². The van der Waals surface area contributed by atoms with Gasteiger partial charge in [0.15, 0.2) is 0 Å². The molecule has 0 aromatic heterocycles. The molecule has 0 aliphatic carbocycles. The number of aliphatic hydroxyl groups is 1. The Balaban J connectivity index is 2.13. The lowest BCUT2D eigenvalue weighted by Crippen LogP contribution is -2.28. The van der Waals surface area contributed by atoms with Crippen LogP contribution in [-0.4, -0.2) is 24.4 Å². The molecule has 1 aliphatic rings. The molecular formula is C13H17ClO3. The molecule has 1 N–H and O–H groups in total. The second-order valence-corrected chi connectivity index (χ2v) is 4.75. The van der Waals surface area contributed by atoms with Crippen LogP contribution in [0, 0.1) is 0 Å². The fraction of sp³-hybridized carbons (Fsp3) is 0.538. The number of hydrogen-bond donors (Lipinski definition) is 1. The third-order valence-electron chi connectivity index (χ3n) is 2.83. The normalized spacial score (nSPS) is 22.2. The monoisotopic (exact) mass is 256 g/mol. The molecule has 2 rings (SSSR count). The van der Waals surface area contributed by atoms with Crippen LogP contribution < -0.4 is 4.74 Å². The fourth-order valence-electron chi connectivity index (χ4n) is 1.94. The van der Waals surface area contributed by atoms with E-state index in [-0.39, 0.29) is 6.10 Å². The maximum absolute atomic E-state index is 9.69. The predicted molar refractivity (Wildman–Crippen MR) is 66.6 cm³/mol. The van der Waals surface area contributed by atoms with Gasteiger partial charge in [-0.2, -0.15) is 0 Å². The minimum absolute atomic E-state index is 0.0717. The lowest BCUT2D eigenvalue weighted by molar-refractivity contribution is 0.00614. The summed E-state index contributed by atoms with van der Waals surface area (Å²) < 4.78 is 11.2. The molecule has 1 saturated heterocycles. The third-order valence-corrected chi connectivity index (χ3v) is 3.07. The lowest BCUT2D eigenvalue weighted by atomic mass is 10.1. The molecule has 0 spiro atoms. The van der Waals surface area contributed by atoms with E-state index in [1.165, 1.54) is 0 Å². The maximum atomic E-state index is 9.69. The standard InChI is InChI=1S/C13H17ClO3/c1-9(15)12-7-10(14)4-5-13(12)17-11-3-2-6-16-8-11/h4-5,7,9,11,15H,2-3,6,8H2,1H3/t9-,11?/m1/s1. The first-order valence-electron chi connectivity index (χ1n) is 5.88. The minimum atomic E-state index is -0.590. The number of halogens is 1. The van der Waals surface area contributed by atoms with Gasteiger partial charge in [0.05, 0.1) is 12.7 Å². The molecular weight excluding hydrogens is 240 g/mol. The van der Waals surface area contributed by atoms with Crippen molar-refractivity contribution in [2.24, 2.45) is 0 Å². The molecule has 3 nitrogen and oxygen atoms in total. The first-order valence-corrected chi connectivity index (χ1v) is 6.26. The number of aliphatic hydroxyl groups excluding tert-OH is 1. The van der Waals surface area contributed by atoms with Crippen LogP contribution in [-0.2, 0) is 4.74 Å². The topological polar surface area (TPSA) is 38.7 Å². The highest BCUT2D eigenvalue weighted by Gasteiger charge is 2.18. The Morgan fingerprint density at radius 3 is 3.00 bits per heavy atom.